The third-order valence-corrected chi connectivity index (χ3v) is 12.9. The highest BCUT2D eigenvalue weighted by Gasteiger charge is 2.46. The average molecular weight is 969 g/mol. The number of aliphatic hydroxyl groups excluding tert-OH is 3. The summed E-state index contributed by atoms with van der Waals surface area (Å²) in [4.78, 5) is 25.6. The molecule has 6 unspecified atom stereocenters. The van der Waals surface area contributed by atoms with Crippen LogP contribution in [0.2, 0.25) is 0 Å². The molecule has 0 aromatic heterocycles. The van der Waals surface area contributed by atoms with Gasteiger partial charge < -0.3 is 34.3 Å². The van der Waals surface area contributed by atoms with Gasteiger partial charge in [-0.05, 0) is 51.4 Å². The Balaban J connectivity index is 2.36. The Labute approximate surface area is 407 Å². The topological polar surface area (TPSA) is 186 Å². The summed E-state index contributed by atoms with van der Waals surface area (Å²) in [5.74, 6) is -1.99. The fourth-order valence-corrected chi connectivity index (χ4v) is 8.77. The summed E-state index contributed by atoms with van der Waals surface area (Å²) in [6, 6.07) is 0. The maximum absolute atomic E-state index is 12.9. The van der Waals surface area contributed by atoms with Crippen LogP contribution in [0.4, 0.5) is 0 Å². The van der Waals surface area contributed by atoms with E-state index in [-0.39, 0.29) is 19.4 Å². The number of hydrogen-bond acceptors (Lipinski definition) is 11. The molecule has 0 bridgehead atoms. The number of carbonyl (C=O) groups is 2. The number of carbonyl (C=O) groups excluding carboxylic acids is 2. The maximum Gasteiger partial charge on any atom is 0.306 e. The van der Waals surface area contributed by atoms with Crippen LogP contribution in [0.15, 0.2) is 48.6 Å². The fourth-order valence-electron chi connectivity index (χ4n) is 8.08. The van der Waals surface area contributed by atoms with Crippen LogP contribution in [-0.2, 0) is 38.7 Å². The van der Waals surface area contributed by atoms with Gasteiger partial charge in [-0.3, -0.25) is 14.1 Å². The molecule has 0 aromatic carbocycles. The molecule has 0 amide bonds. The van der Waals surface area contributed by atoms with E-state index in [1.165, 1.54) is 103 Å². The van der Waals surface area contributed by atoms with Gasteiger partial charge in [0, 0.05) is 12.8 Å². The minimum Gasteiger partial charge on any atom is -0.462 e. The number of ether oxygens (including phenoxy) is 4. The van der Waals surface area contributed by atoms with E-state index >= 15 is 0 Å². The molecule has 12 nitrogen and oxygen atoms in total. The molecule has 1 fully saturated rings. The molecule has 6 atom stereocenters. The van der Waals surface area contributed by atoms with Gasteiger partial charge in [0.15, 0.2) is 12.4 Å². The zero-order valence-electron chi connectivity index (χ0n) is 42.0. The molecule has 1 aliphatic heterocycles. The first kappa shape index (κ1) is 62.6. The van der Waals surface area contributed by atoms with E-state index in [1.54, 1.807) is 0 Å². The molecule has 1 saturated heterocycles. The van der Waals surface area contributed by atoms with Gasteiger partial charge in [0.1, 0.15) is 36.8 Å². The van der Waals surface area contributed by atoms with Crippen LogP contribution in [0.5, 0.6) is 0 Å². The van der Waals surface area contributed by atoms with Crippen molar-refractivity contribution in [2.75, 3.05) is 19.0 Å². The second kappa shape index (κ2) is 43.6. The van der Waals surface area contributed by atoms with Crippen molar-refractivity contribution in [2.24, 2.45) is 0 Å². The molecule has 67 heavy (non-hydrogen) atoms. The molecule has 0 radical (unpaired) electrons. The molecule has 0 spiro atoms. The Hall–Kier alpha value is -2.39. The monoisotopic (exact) mass is 969 g/mol. The van der Waals surface area contributed by atoms with Crippen LogP contribution in [0.25, 0.3) is 0 Å². The van der Waals surface area contributed by atoms with Crippen LogP contribution in [-0.4, -0.2) is 96.0 Å². The highest BCUT2D eigenvalue weighted by atomic mass is 32.2. The first-order valence-corrected chi connectivity index (χ1v) is 28.3. The molecule has 0 aromatic rings. The van der Waals surface area contributed by atoms with Crippen molar-refractivity contribution < 1.29 is 56.8 Å². The average Bonchev–Trinajstić information content (AvgIpc) is 3.30. The van der Waals surface area contributed by atoms with Gasteiger partial charge in [0.25, 0.3) is 10.1 Å². The predicted molar refractivity (Wildman–Crippen MR) is 270 cm³/mol. The van der Waals surface area contributed by atoms with Crippen LogP contribution in [0.3, 0.4) is 0 Å². The predicted octanol–water partition coefficient (Wildman–Crippen LogP) is 12.3. The smallest absolute Gasteiger partial charge is 0.306 e. The second-order valence-corrected chi connectivity index (χ2v) is 20.0. The van der Waals surface area contributed by atoms with E-state index in [0.29, 0.717) is 12.8 Å². The van der Waals surface area contributed by atoms with Crippen molar-refractivity contribution in [1.82, 2.24) is 0 Å². The van der Waals surface area contributed by atoms with Crippen molar-refractivity contribution >= 4 is 22.1 Å². The molecule has 1 heterocycles. The van der Waals surface area contributed by atoms with E-state index in [0.717, 1.165) is 83.5 Å². The molecule has 390 valence electrons. The molecule has 0 aliphatic carbocycles. The standard InChI is InChI=1S/C54H96O12S/c1-3-5-7-9-11-13-15-17-19-21-23-25-26-28-30-32-34-36-38-40-42-49(55)63-44-47(45-64-54-53(59)52(58)51(57)48(66-54)46-67(60,61)62)65-50(56)43-41-39-37-35-33-31-29-27-24-22-20-18-16-14-12-10-8-6-4-2/h6,8,12,14,18,20,24,27,47-48,51-54,57-59H,3-5,7,9-11,13,15-17,19,21-23,25-26,28-46H2,1-2H3,(H,60,61,62)/b8-6-,14-12-,20-18-,27-24-. The highest BCUT2D eigenvalue weighted by molar-refractivity contribution is 7.85. The lowest BCUT2D eigenvalue weighted by molar-refractivity contribution is -0.297. The van der Waals surface area contributed by atoms with Crippen molar-refractivity contribution in [3.8, 4) is 0 Å². The number of unbranched alkanes of at least 4 members (excludes halogenated alkanes) is 25. The van der Waals surface area contributed by atoms with Gasteiger partial charge in [-0.15, -0.1) is 0 Å². The molecular weight excluding hydrogens is 873 g/mol. The Morgan fingerprint density at radius 3 is 1.40 bits per heavy atom. The second-order valence-electron chi connectivity index (χ2n) is 18.5. The first-order valence-electron chi connectivity index (χ1n) is 26.7. The molecule has 4 N–H and O–H groups in total. The summed E-state index contributed by atoms with van der Waals surface area (Å²) in [6.45, 7) is 3.67. The van der Waals surface area contributed by atoms with Crippen molar-refractivity contribution in [2.45, 2.75) is 263 Å². The Bertz CT molecular complexity index is 1410. The van der Waals surface area contributed by atoms with E-state index in [9.17, 15) is 37.9 Å². The lowest BCUT2D eigenvalue weighted by Gasteiger charge is -2.40. The lowest BCUT2D eigenvalue weighted by atomic mass is 10.00. The summed E-state index contributed by atoms with van der Waals surface area (Å²) in [6.07, 6.45) is 44.3. The van der Waals surface area contributed by atoms with Gasteiger partial charge in [-0.2, -0.15) is 8.42 Å². The van der Waals surface area contributed by atoms with Gasteiger partial charge in [0.2, 0.25) is 0 Å². The number of rotatable bonds is 45. The van der Waals surface area contributed by atoms with Gasteiger partial charge >= 0.3 is 11.9 Å². The minimum absolute atomic E-state index is 0.149. The zero-order valence-corrected chi connectivity index (χ0v) is 42.8. The molecule has 1 rings (SSSR count). The summed E-state index contributed by atoms with van der Waals surface area (Å²) >= 11 is 0. The third-order valence-electron chi connectivity index (χ3n) is 12.2. The summed E-state index contributed by atoms with van der Waals surface area (Å²) in [7, 11) is -4.61. The van der Waals surface area contributed by atoms with Gasteiger partial charge in [-0.25, -0.2) is 0 Å². The molecule has 0 saturated carbocycles. The summed E-state index contributed by atoms with van der Waals surface area (Å²) in [5, 5.41) is 31.0. The molecule has 13 heteroatoms. The Morgan fingerprint density at radius 2 is 0.940 bits per heavy atom. The lowest BCUT2D eigenvalue weighted by Crippen LogP contribution is -2.60. The number of allylic oxidation sites excluding steroid dienone is 8. The van der Waals surface area contributed by atoms with E-state index in [4.69, 9.17) is 18.9 Å². The summed E-state index contributed by atoms with van der Waals surface area (Å²) < 4.78 is 54.3. The number of esters is 2. The largest absolute Gasteiger partial charge is 0.462 e. The van der Waals surface area contributed by atoms with E-state index < -0.39 is 71.2 Å². The number of aliphatic hydroxyl groups is 3. The molecule has 1 aliphatic rings. The van der Waals surface area contributed by atoms with Crippen molar-refractivity contribution in [3.63, 3.8) is 0 Å². The van der Waals surface area contributed by atoms with Crippen molar-refractivity contribution in [1.29, 1.82) is 0 Å². The van der Waals surface area contributed by atoms with Crippen LogP contribution in [0.1, 0.15) is 226 Å². The van der Waals surface area contributed by atoms with Gasteiger partial charge in [0.05, 0.1) is 6.61 Å². The van der Waals surface area contributed by atoms with E-state index in [1.807, 2.05) is 0 Å². The Morgan fingerprint density at radius 1 is 0.522 bits per heavy atom. The van der Waals surface area contributed by atoms with Gasteiger partial charge in [-0.1, -0.05) is 210 Å². The fraction of sp³-hybridized carbons (Fsp3) is 0.815. The highest BCUT2D eigenvalue weighted by Crippen LogP contribution is 2.24. The quantitative estimate of drug-likeness (QED) is 0.0196. The molecular formula is C54H96O12S. The normalized spacial score (nSPS) is 19.6. The van der Waals surface area contributed by atoms with Crippen LogP contribution in [0, 0.1) is 0 Å². The third kappa shape index (κ3) is 38.1. The Kier molecular flexibility index (Phi) is 40.8. The van der Waals surface area contributed by atoms with E-state index in [2.05, 4.69) is 62.5 Å². The number of hydrogen-bond donors (Lipinski definition) is 4. The summed E-state index contributed by atoms with van der Waals surface area (Å²) in [5.41, 5.74) is 0. The minimum atomic E-state index is -4.61. The van der Waals surface area contributed by atoms with Crippen LogP contribution >= 0.6 is 0 Å². The zero-order chi connectivity index (χ0) is 49.1. The first-order chi connectivity index (χ1) is 32.5. The van der Waals surface area contributed by atoms with Crippen LogP contribution < -0.4 is 0 Å². The van der Waals surface area contributed by atoms with Crippen molar-refractivity contribution in [3.05, 3.63) is 48.6 Å². The SMILES string of the molecule is CC/C=C\C/C=C\C/C=C\C/C=C\CCCCCCCCC(=O)OC(COC(=O)CCCCCCCCCCCCCCCCCCCCCC)COC1OC(CS(=O)(=O)O)C(O)C(O)C1O. The maximum atomic E-state index is 12.9.